The van der Waals surface area contributed by atoms with E-state index in [1.807, 2.05) is 24.4 Å². The highest BCUT2D eigenvalue weighted by atomic mass is 14.6. The molecule has 4 rings (SSSR count). The summed E-state index contributed by atoms with van der Waals surface area (Å²) >= 11 is 0. The lowest BCUT2D eigenvalue weighted by molar-refractivity contribution is 1.41. The molecule has 110 valence electrons. The zero-order chi connectivity index (χ0) is 15.6. The minimum Gasteiger partial charge on any atom is -0.256 e. The lowest BCUT2D eigenvalue weighted by Gasteiger charge is -2.06. The number of pyridine rings is 1. The Hall–Kier alpha value is -2.93. The number of hydrogen-bond donors (Lipinski definition) is 0. The van der Waals surface area contributed by atoms with Crippen molar-refractivity contribution in [2.24, 2.45) is 0 Å². The highest BCUT2D eigenvalue weighted by Crippen LogP contribution is 2.26. The van der Waals surface area contributed by atoms with Gasteiger partial charge in [0.2, 0.25) is 0 Å². The molecule has 1 heterocycles. The molecule has 1 aromatic heterocycles. The predicted molar refractivity (Wildman–Crippen MR) is 97.4 cm³/mol. The summed E-state index contributed by atoms with van der Waals surface area (Å²) in [7, 11) is 0. The van der Waals surface area contributed by atoms with Crippen LogP contribution in [0.15, 0.2) is 85.1 Å². The van der Waals surface area contributed by atoms with Crippen molar-refractivity contribution in [1.29, 1.82) is 0 Å². The van der Waals surface area contributed by atoms with Crippen molar-refractivity contribution in [3.8, 4) is 22.3 Å². The van der Waals surface area contributed by atoms with E-state index in [0.29, 0.717) is 0 Å². The molecule has 23 heavy (non-hydrogen) atoms. The van der Waals surface area contributed by atoms with E-state index in [-0.39, 0.29) is 0 Å². The summed E-state index contributed by atoms with van der Waals surface area (Å²) in [6.45, 7) is 2.11. The second-order valence-corrected chi connectivity index (χ2v) is 5.86. The van der Waals surface area contributed by atoms with Crippen molar-refractivity contribution in [3.63, 3.8) is 0 Å². The van der Waals surface area contributed by atoms with E-state index in [1.165, 1.54) is 27.6 Å². The van der Waals surface area contributed by atoms with Gasteiger partial charge in [0, 0.05) is 17.1 Å². The molecule has 4 aromatic rings. The number of para-hydroxylation sites is 1. The molecule has 0 unspecified atom stereocenters. The van der Waals surface area contributed by atoms with E-state index < -0.39 is 0 Å². The van der Waals surface area contributed by atoms with Crippen LogP contribution in [0, 0.1) is 6.92 Å². The van der Waals surface area contributed by atoms with Gasteiger partial charge >= 0.3 is 0 Å². The third kappa shape index (κ3) is 2.74. The number of rotatable bonds is 2. The van der Waals surface area contributed by atoms with Crippen LogP contribution in [0.3, 0.4) is 0 Å². The molecule has 0 fully saturated rings. The molecular weight excluding hydrogens is 278 g/mol. The maximum atomic E-state index is 4.55. The van der Waals surface area contributed by atoms with Gasteiger partial charge in [-0.3, -0.25) is 4.98 Å². The second kappa shape index (κ2) is 5.69. The molecule has 1 heteroatoms. The van der Waals surface area contributed by atoms with E-state index in [9.17, 15) is 0 Å². The number of hydrogen-bond acceptors (Lipinski definition) is 1. The fraction of sp³-hybridized carbons (Fsp3) is 0.0455. The van der Waals surface area contributed by atoms with Crippen LogP contribution in [0.4, 0.5) is 0 Å². The van der Waals surface area contributed by atoms with Gasteiger partial charge in [0.05, 0.1) is 5.52 Å². The van der Waals surface area contributed by atoms with Crippen molar-refractivity contribution < 1.29 is 0 Å². The summed E-state index contributed by atoms with van der Waals surface area (Å²) in [5.74, 6) is 0. The molecule has 0 saturated heterocycles. The van der Waals surface area contributed by atoms with Crippen molar-refractivity contribution in [2.45, 2.75) is 6.92 Å². The summed E-state index contributed by atoms with van der Waals surface area (Å²) in [6.07, 6.45) is 1.95. The SMILES string of the molecule is Cc1ccc(-c2ccc(-c3cnc4ccccc4c3)cc2)cc1. The molecule has 0 atom stereocenters. The number of nitrogens with zero attached hydrogens (tertiary/aromatic N) is 1. The van der Waals surface area contributed by atoms with Crippen molar-refractivity contribution in [2.75, 3.05) is 0 Å². The van der Waals surface area contributed by atoms with Gasteiger partial charge in [-0.1, -0.05) is 72.3 Å². The number of benzene rings is 3. The zero-order valence-corrected chi connectivity index (χ0v) is 13.0. The Balaban J connectivity index is 1.70. The molecule has 0 radical (unpaired) electrons. The smallest absolute Gasteiger partial charge is 0.0702 e. The van der Waals surface area contributed by atoms with Crippen LogP contribution in [0.1, 0.15) is 5.56 Å². The van der Waals surface area contributed by atoms with Crippen molar-refractivity contribution in [3.05, 3.63) is 90.6 Å². The van der Waals surface area contributed by atoms with E-state index in [2.05, 4.69) is 72.6 Å². The first-order valence-electron chi connectivity index (χ1n) is 7.82. The van der Waals surface area contributed by atoms with Gasteiger partial charge < -0.3 is 0 Å². The summed E-state index contributed by atoms with van der Waals surface area (Å²) in [4.78, 5) is 4.55. The molecule has 1 nitrogen and oxygen atoms in total. The van der Waals surface area contributed by atoms with E-state index in [0.717, 1.165) is 11.1 Å². The summed E-state index contributed by atoms with van der Waals surface area (Å²) < 4.78 is 0. The van der Waals surface area contributed by atoms with Crippen LogP contribution in [0.25, 0.3) is 33.2 Å². The number of aromatic nitrogens is 1. The van der Waals surface area contributed by atoms with E-state index in [4.69, 9.17) is 0 Å². The monoisotopic (exact) mass is 295 g/mol. The first kappa shape index (κ1) is 13.7. The normalized spacial score (nSPS) is 10.8. The van der Waals surface area contributed by atoms with Gasteiger partial charge in [-0.15, -0.1) is 0 Å². The first-order chi connectivity index (χ1) is 11.3. The third-order valence-corrected chi connectivity index (χ3v) is 4.19. The Morgan fingerprint density at radius 2 is 1.17 bits per heavy atom. The summed E-state index contributed by atoms with van der Waals surface area (Å²) in [5.41, 5.74) is 7.15. The van der Waals surface area contributed by atoms with E-state index >= 15 is 0 Å². The van der Waals surface area contributed by atoms with Crippen LogP contribution >= 0.6 is 0 Å². The van der Waals surface area contributed by atoms with Gasteiger partial charge in [0.1, 0.15) is 0 Å². The number of fused-ring (bicyclic) bond motifs is 1. The minimum atomic E-state index is 1.03. The van der Waals surface area contributed by atoms with Crippen molar-refractivity contribution in [1.82, 2.24) is 4.98 Å². The van der Waals surface area contributed by atoms with Gasteiger partial charge in [0.25, 0.3) is 0 Å². The lowest BCUT2D eigenvalue weighted by Crippen LogP contribution is -1.84. The molecule has 0 aliphatic carbocycles. The predicted octanol–water partition coefficient (Wildman–Crippen LogP) is 5.88. The molecule has 0 aliphatic heterocycles. The van der Waals surface area contributed by atoms with Crippen LogP contribution in [0.5, 0.6) is 0 Å². The molecule has 3 aromatic carbocycles. The molecule has 0 N–H and O–H groups in total. The molecular formula is C22H17N. The van der Waals surface area contributed by atoms with Crippen LogP contribution < -0.4 is 0 Å². The van der Waals surface area contributed by atoms with Crippen molar-refractivity contribution >= 4 is 10.9 Å². The second-order valence-electron chi connectivity index (χ2n) is 5.86. The molecule has 0 bridgehead atoms. The molecule has 0 aliphatic rings. The summed E-state index contributed by atoms with van der Waals surface area (Å²) in [5, 5.41) is 1.17. The topological polar surface area (TPSA) is 12.9 Å². The Bertz CT molecular complexity index is 951. The maximum absolute atomic E-state index is 4.55. The van der Waals surface area contributed by atoms with Gasteiger partial charge in [-0.25, -0.2) is 0 Å². The van der Waals surface area contributed by atoms with Gasteiger partial charge in [-0.2, -0.15) is 0 Å². The zero-order valence-electron chi connectivity index (χ0n) is 13.0. The largest absolute Gasteiger partial charge is 0.256 e. The Morgan fingerprint density at radius 1 is 0.609 bits per heavy atom. The first-order valence-corrected chi connectivity index (χ1v) is 7.82. The van der Waals surface area contributed by atoms with Gasteiger partial charge in [-0.05, 0) is 35.7 Å². The van der Waals surface area contributed by atoms with Crippen LogP contribution in [-0.2, 0) is 0 Å². The Kier molecular flexibility index (Phi) is 3.39. The highest BCUT2D eigenvalue weighted by Gasteiger charge is 2.02. The lowest BCUT2D eigenvalue weighted by atomic mass is 10.00. The average molecular weight is 295 g/mol. The standard InChI is InChI=1S/C22H17N/c1-16-6-8-17(9-7-16)18-10-12-19(13-11-18)21-14-20-4-2-3-5-22(20)23-15-21/h2-15H,1H3. The Morgan fingerprint density at radius 3 is 1.87 bits per heavy atom. The molecule has 0 amide bonds. The van der Waals surface area contributed by atoms with Gasteiger partial charge in [0.15, 0.2) is 0 Å². The average Bonchev–Trinajstić information content (AvgIpc) is 2.62. The Labute approximate surface area is 136 Å². The third-order valence-electron chi connectivity index (χ3n) is 4.19. The summed E-state index contributed by atoms with van der Waals surface area (Å²) in [6, 6.07) is 27.7. The quantitative estimate of drug-likeness (QED) is 0.450. The maximum Gasteiger partial charge on any atom is 0.0702 e. The molecule has 0 saturated carbocycles. The van der Waals surface area contributed by atoms with Crippen LogP contribution in [0.2, 0.25) is 0 Å². The fourth-order valence-corrected chi connectivity index (χ4v) is 2.83. The highest BCUT2D eigenvalue weighted by molar-refractivity contribution is 5.83. The minimum absolute atomic E-state index is 1.03. The number of aryl methyl sites for hydroxylation is 1. The van der Waals surface area contributed by atoms with E-state index in [1.54, 1.807) is 0 Å². The molecule has 0 spiro atoms. The van der Waals surface area contributed by atoms with Crippen LogP contribution in [-0.4, -0.2) is 4.98 Å². The fourth-order valence-electron chi connectivity index (χ4n) is 2.83.